The molecule has 26 heavy (non-hydrogen) atoms. The number of benzene rings is 2. The summed E-state index contributed by atoms with van der Waals surface area (Å²) in [5.41, 5.74) is 1.66. The van der Waals surface area contributed by atoms with Crippen LogP contribution >= 0.6 is 11.8 Å². The van der Waals surface area contributed by atoms with Crippen molar-refractivity contribution in [2.45, 2.75) is 24.2 Å². The molecule has 0 bridgehead atoms. The molecule has 0 spiro atoms. The average molecular weight is 368 g/mol. The largest absolute Gasteiger partial charge is 0.456 e. The van der Waals surface area contributed by atoms with Crippen molar-refractivity contribution in [1.82, 2.24) is 0 Å². The smallest absolute Gasteiger partial charge is 0.306 e. The summed E-state index contributed by atoms with van der Waals surface area (Å²) in [5.74, 6) is -0.506. The van der Waals surface area contributed by atoms with E-state index in [0.29, 0.717) is 11.4 Å². The number of nitrogens with zero attached hydrogens (tertiary/aromatic N) is 1. The van der Waals surface area contributed by atoms with E-state index in [-0.39, 0.29) is 18.9 Å². The lowest BCUT2D eigenvalue weighted by atomic mass is 9.98. The van der Waals surface area contributed by atoms with Gasteiger partial charge in [-0.3, -0.25) is 9.59 Å². The molecule has 0 saturated carbocycles. The van der Waals surface area contributed by atoms with Crippen molar-refractivity contribution >= 4 is 29.3 Å². The van der Waals surface area contributed by atoms with Gasteiger partial charge in [0.15, 0.2) is 6.61 Å². The molecule has 0 heterocycles. The van der Waals surface area contributed by atoms with E-state index < -0.39 is 11.9 Å². The van der Waals surface area contributed by atoms with Gasteiger partial charge in [0.25, 0.3) is 5.91 Å². The molecule has 0 unspecified atom stereocenters. The normalized spacial score (nSPS) is 11.2. The second-order valence-electron chi connectivity index (χ2n) is 5.67. The summed E-state index contributed by atoms with van der Waals surface area (Å²) in [4.78, 5) is 24.8. The first-order chi connectivity index (χ1) is 12.6. The molecule has 0 aliphatic carbocycles. The number of para-hydroxylation sites is 1. The lowest BCUT2D eigenvalue weighted by molar-refractivity contribution is -0.147. The zero-order valence-electron chi connectivity index (χ0n) is 14.5. The summed E-state index contributed by atoms with van der Waals surface area (Å²) in [6.45, 7) is 1.61. The number of nitrogens with one attached hydrogen (secondary N) is 1. The van der Waals surface area contributed by atoms with E-state index in [0.717, 1.165) is 10.5 Å². The molecule has 1 atom stereocenters. The Morgan fingerprint density at radius 2 is 1.85 bits per heavy atom. The third-order valence-electron chi connectivity index (χ3n) is 3.66. The molecule has 0 aromatic heterocycles. The molecule has 2 aromatic carbocycles. The van der Waals surface area contributed by atoms with Crippen LogP contribution in [0.25, 0.3) is 0 Å². The highest BCUT2D eigenvalue weighted by Crippen LogP contribution is 2.26. The highest BCUT2D eigenvalue weighted by atomic mass is 32.2. The third-order valence-corrected chi connectivity index (χ3v) is 4.60. The Kier molecular flexibility index (Phi) is 7.72. The van der Waals surface area contributed by atoms with Crippen molar-refractivity contribution in [2.75, 3.05) is 17.7 Å². The van der Waals surface area contributed by atoms with Gasteiger partial charge in [-0.1, -0.05) is 49.4 Å². The van der Waals surface area contributed by atoms with Gasteiger partial charge >= 0.3 is 5.97 Å². The predicted octanol–water partition coefficient (Wildman–Crippen LogP) is 3.98. The quantitative estimate of drug-likeness (QED) is 0.563. The number of nitriles is 1. The van der Waals surface area contributed by atoms with E-state index >= 15 is 0 Å². The standard InChI is InChI=1S/C20H20N2O3S/c1-15(16-7-3-2-4-8-16)13-20(24)25-14-19(23)22-17-9-5-6-10-18(17)26-12-11-21/h2-10,15H,12-14H2,1H3,(H,22,23)/t15-/m0/s1. The molecule has 0 aliphatic heterocycles. The van der Waals surface area contributed by atoms with Crippen molar-refractivity contribution < 1.29 is 14.3 Å². The van der Waals surface area contributed by atoms with Gasteiger partial charge in [0, 0.05) is 4.90 Å². The second kappa shape index (κ2) is 10.3. The maximum absolute atomic E-state index is 12.0. The summed E-state index contributed by atoms with van der Waals surface area (Å²) >= 11 is 1.34. The van der Waals surface area contributed by atoms with Crippen LogP contribution in [0.1, 0.15) is 24.8 Å². The van der Waals surface area contributed by atoms with Gasteiger partial charge in [-0.25, -0.2) is 0 Å². The number of carbonyl (C=O) groups excluding carboxylic acids is 2. The van der Waals surface area contributed by atoms with Crippen LogP contribution in [0.3, 0.4) is 0 Å². The van der Waals surface area contributed by atoms with Crippen LogP contribution < -0.4 is 5.32 Å². The Morgan fingerprint density at radius 3 is 2.58 bits per heavy atom. The highest BCUT2D eigenvalue weighted by Gasteiger charge is 2.14. The number of amides is 1. The van der Waals surface area contributed by atoms with Crippen LogP contribution in [0.2, 0.25) is 0 Å². The number of rotatable bonds is 8. The van der Waals surface area contributed by atoms with Crippen molar-refractivity contribution in [3.8, 4) is 6.07 Å². The molecule has 2 rings (SSSR count). The van der Waals surface area contributed by atoms with E-state index in [1.54, 1.807) is 12.1 Å². The highest BCUT2D eigenvalue weighted by molar-refractivity contribution is 7.99. The van der Waals surface area contributed by atoms with Crippen molar-refractivity contribution in [3.05, 3.63) is 60.2 Å². The van der Waals surface area contributed by atoms with E-state index in [9.17, 15) is 9.59 Å². The Bertz CT molecular complexity index is 787. The number of anilines is 1. The van der Waals surface area contributed by atoms with Gasteiger partial charge in [0.2, 0.25) is 0 Å². The Morgan fingerprint density at radius 1 is 1.15 bits per heavy atom. The van der Waals surface area contributed by atoms with Crippen molar-refractivity contribution in [2.24, 2.45) is 0 Å². The lowest BCUT2D eigenvalue weighted by Gasteiger charge is -2.12. The minimum Gasteiger partial charge on any atom is -0.456 e. The fourth-order valence-electron chi connectivity index (χ4n) is 2.35. The molecule has 0 aliphatic rings. The van der Waals surface area contributed by atoms with Gasteiger partial charge < -0.3 is 10.1 Å². The van der Waals surface area contributed by atoms with E-state index in [1.165, 1.54) is 11.8 Å². The van der Waals surface area contributed by atoms with Crippen LogP contribution in [0.15, 0.2) is 59.5 Å². The summed E-state index contributed by atoms with van der Waals surface area (Å²) in [7, 11) is 0. The topological polar surface area (TPSA) is 79.2 Å². The molecule has 2 aromatic rings. The summed E-state index contributed by atoms with van der Waals surface area (Å²) < 4.78 is 5.08. The monoisotopic (exact) mass is 368 g/mol. The molecule has 6 heteroatoms. The molecule has 0 fully saturated rings. The summed E-state index contributed by atoms with van der Waals surface area (Å²) in [5, 5.41) is 11.4. The number of esters is 1. The summed E-state index contributed by atoms with van der Waals surface area (Å²) in [6, 6.07) is 18.9. The fourth-order valence-corrected chi connectivity index (χ4v) is 3.02. The molecule has 0 saturated heterocycles. The number of thioether (sulfide) groups is 1. The van der Waals surface area contributed by atoms with E-state index in [2.05, 4.69) is 5.32 Å². The first kappa shape index (κ1) is 19.5. The molecule has 5 nitrogen and oxygen atoms in total. The van der Waals surface area contributed by atoms with Crippen LogP contribution in [-0.2, 0) is 14.3 Å². The molecule has 1 amide bonds. The SMILES string of the molecule is C[C@@H](CC(=O)OCC(=O)Nc1ccccc1SCC#N)c1ccccc1. The maximum Gasteiger partial charge on any atom is 0.306 e. The van der Waals surface area contributed by atoms with E-state index in [1.807, 2.05) is 55.5 Å². The van der Waals surface area contributed by atoms with Gasteiger partial charge in [-0.2, -0.15) is 5.26 Å². The van der Waals surface area contributed by atoms with Gasteiger partial charge in [0.05, 0.1) is 23.9 Å². The third kappa shape index (κ3) is 6.26. The van der Waals surface area contributed by atoms with Crippen molar-refractivity contribution in [3.63, 3.8) is 0 Å². The predicted molar refractivity (Wildman–Crippen MR) is 102 cm³/mol. The number of carbonyl (C=O) groups is 2. The summed E-state index contributed by atoms with van der Waals surface area (Å²) in [6.07, 6.45) is 0.214. The van der Waals surface area contributed by atoms with Gasteiger partial charge in [0.1, 0.15) is 0 Å². The Balaban J connectivity index is 1.82. The zero-order valence-corrected chi connectivity index (χ0v) is 15.3. The Labute approximate surface area is 157 Å². The zero-order chi connectivity index (χ0) is 18.8. The fraction of sp³-hybridized carbons (Fsp3) is 0.250. The number of hydrogen-bond donors (Lipinski definition) is 1. The first-order valence-corrected chi connectivity index (χ1v) is 9.18. The number of hydrogen-bond acceptors (Lipinski definition) is 5. The second-order valence-corrected chi connectivity index (χ2v) is 6.68. The van der Waals surface area contributed by atoms with Crippen LogP contribution in [0, 0.1) is 11.3 Å². The van der Waals surface area contributed by atoms with Gasteiger partial charge in [-0.05, 0) is 23.6 Å². The average Bonchev–Trinajstić information content (AvgIpc) is 2.66. The molecule has 1 N–H and O–H groups in total. The minimum atomic E-state index is -0.413. The molecule has 0 radical (unpaired) electrons. The molecule has 134 valence electrons. The van der Waals surface area contributed by atoms with Crippen LogP contribution in [-0.4, -0.2) is 24.2 Å². The van der Waals surface area contributed by atoms with Crippen LogP contribution in [0.5, 0.6) is 0 Å². The lowest BCUT2D eigenvalue weighted by Crippen LogP contribution is -2.21. The van der Waals surface area contributed by atoms with Crippen molar-refractivity contribution in [1.29, 1.82) is 5.26 Å². The molecular weight excluding hydrogens is 348 g/mol. The maximum atomic E-state index is 12.0. The first-order valence-electron chi connectivity index (χ1n) is 8.19. The van der Waals surface area contributed by atoms with Crippen LogP contribution in [0.4, 0.5) is 5.69 Å². The minimum absolute atomic E-state index is 0.0230. The Hall–Kier alpha value is -2.78. The van der Waals surface area contributed by atoms with Gasteiger partial charge in [-0.15, -0.1) is 11.8 Å². The molecular formula is C20H20N2O3S. The number of ether oxygens (including phenoxy) is 1. The van der Waals surface area contributed by atoms with E-state index in [4.69, 9.17) is 10.00 Å².